The van der Waals surface area contributed by atoms with Crippen molar-refractivity contribution >= 4 is 0 Å². The zero-order chi connectivity index (χ0) is 11.2. The van der Waals surface area contributed by atoms with E-state index in [0.29, 0.717) is 6.54 Å². The summed E-state index contributed by atoms with van der Waals surface area (Å²) in [5, 5.41) is 0. The van der Waals surface area contributed by atoms with Gasteiger partial charge in [-0.1, -0.05) is 12.8 Å². The summed E-state index contributed by atoms with van der Waals surface area (Å²) in [6, 6.07) is 3.96. The van der Waals surface area contributed by atoms with Gasteiger partial charge in [-0.25, -0.2) is 0 Å². The average molecular weight is 220 g/mol. The zero-order valence-corrected chi connectivity index (χ0v) is 9.64. The van der Waals surface area contributed by atoms with E-state index < -0.39 is 0 Å². The maximum atomic E-state index is 5.91. The van der Waals surface area contributed by atoms with Crippen LogP contribution in [0.3, 0.4) is 0 Å². The number of rotatable bonds is 5. The van der Waals surface area contributed by atoms with Crippen molar-refractivity contribution in [1.82, 2.24) is 4.98 Å². The van der Waals surface area contributed by atoms with Crippen LogP contribution < -0.4 is 5.73 Å². The number of hydrogen-bond donors (Lipinski definition) is 1. The molecule has 2 rings (SSSR count). The van der Waals surface area contributed by atoms with Crippen LogP contribution >= 0.6 is 0 Å². The highest BCUT2D eigenvalue weighted by Gasteiger charge is 2.17. The van der Waals surface area contributed by atoms with E-state index in [4.69, 9.17) is 10.5 Å². The molecule has 1 heterocycles. The first-order valence-electron chi connectivity index (χ1n) is 6.11. The standard InChI is InChI=1S/C13H20N2O/c14-9-13(12-5-7-15-8-6-12)16-10-11-3-1-2-4-11/h5-8,11,13H,1-4,9-10,14H2. The molecule has 1 aromatic heterocycles. The Hall–Kier alpha value is -0.930. The molecule has 1 aliphatic carbocycles. The van der Waals surface area contributed by atoms with E-state index in [1.165, 1.54) is 25.7 Å². The molecule has 3 nitrogen and oxygen atoms in total. The van der Waals surface area contributed by atoms with Gasteiger partial charge in [0.05, 0.1) is 12.7 Å². The van der Waals surface area contributed by atoms with E-state index in [2.05, 4.69) is 4.98 Å². The lowest BCUT2D eigenvalue weighted by Gasteiger charge is -2.18. The minimum atomic E-state index is 0.0311. The number of aromatic nitrogens is 1. The molecule has 0 saturated heterocycles. The van der Waals surface area contributed by atoms with Gasteiger partial charge < -0.3 is 10.5 Å². The molecule has 0 radical (unpaired) electrons. The van der Waals surface area contributed by atoms with Crippen LogP contribution in [0, 0.1) is 5.92 Å². The summed E-state index contributed by atoms with van der Waals surface area (Å²) in [6.07, 6.45) is 8.95. The van der Waals surface area contributed by atoms with Crippen LogP contribution in [-0.4, -0.2) is 18.1 Å². The van der Waals surface area contributed by atoms with Gasteiger partial charge in [0.2, 0.25) is 0 Å². The predicted molar refractivity (Wildman–Crippen MR) is 63.9 cm³/mol. The lowest BCUT2D eigenvalue weighted by Crippen LogP contribution is -2.18. The Morgan fingerprint density at radius 1 is 1.31 bits per heavy atom. The molecule has 1 fully saturated rings. The number of ether oxygens (including phenoxy) is 1. The third-order valence-corrected chi connectivity index (χ3v) is 3.30. The minimum absolute atomic E-state index is 0.0311. The molecule has 0 bridgehead atoms. The highest BCUT2D eigenvalue weighted by molar-refractivity contribution is 5.13. The molecule has 0 spiro atoms. The van der Waals surface area contributed by atoms with E-state index in [9.17, 15) is 0 Å². The molecule has 3 heteroatoms. The normalized spacial score (nSPS) is 18.8. The van der Waals surface area contributed by atoms with Gasteiger partial charge in [-0.15, -0.1) is 0 Å². The second-order valence-electron chi connectivity index (χ2n) is 4.49. The van der Waals surface area contributed by atoms with E-state index in [1.54, 1.807) is 12.4 Å². The van der Waals surface area contributed by atoms with Gasteiger partial charge in [-0.3, -0.25) is 4.98 Å². The fourth-order valence-electron chi connectivity index (χ4n) is 2.31. The Kier molecular flexibility index (Phi) is 4.31. The van der Waals surface area contributed by atoms with E-state index >= 15 is 0 Å². The van der Waals surface area contributed by atoms with Crippen LogP contribution in [0.2, 0.25) is 0 Å². The van der Waals surface area contributed by atoms with Crippen molar-refractivity contribution in [1.29, 1.82) is 0 Å². The fourth-order valence-corrected chi connectivity index (χ4v) is 2.31. The fraction of sp³-hybridized carbons (Fsp3) is 0.615. The Morgan fingerprint density at radius 3 is 2.62 bits per heavy atom. The van der Waals surface area contributed by atoms with Gasteiger partial charge in [0.25, 0.3) is 0 Å². The summed E-state index contributed by atoms with van der Waals surface area (Å²) in [5.41, 5.74) is 6.88. The largest absolute Gasteiger partial charge is 0.372 e. The van der Waals surface area contributed by atoms with Crippen LogP contribution in [0.15, 0.2) is 24.5 Å². The summed E-state index contributed by atoms with van der Waals surface area (Å²) >= 11 is 0. The van der Waals surface area contributed by atoms with Crippen molar-refractivity contribution in [2.24, 2.45) is 11.7 Å². The van der Waals surface area contributed by atoms with Crippen LogP contribution in [-0.2, 0) is 4.74 Å². The molecule has 0 aromatic carbocycles. The molecule has 1 saturated carbocycles. The van der Waals surface area contributed by atoms with Crippen molar-refractivity contribution in [2.75, 3.05) is 13.2 Å². The van der Waals surface area contributed by atoms with Crippen molar-refractivity contribution in [2.45, 2.75) is 31.8 Å². The van der Waals surface area contributed by atoms with Gasteiger partial charge in [0.1, 0.15) is 0 Å². The second-order valence-corrected chi connectivity index (χ2v) is 4.49. The molecular formula is C13H20N2O. The Balaban J connectivity index is 1.85. The van der Waals surface area contributed by atoms with Gasteiger partial charge in [-0.05, 0) is 36.5 Å². The Bertz CT molecular complexity index is 296. The lowest BCUT2D eigenvalue weighted by molar-refractivity contribution is 0.0346. The maximum Gasteiger partial charge on any atom is 0.0948 e. The average Bonchev–Trinajstić information content (AvgIpc) is 2.84. The smallest absolute Gasteiger partial charge is 0.0948 e. The zero-order valence-electron chi connectivity index (χ0n) is 9.64. The predicted octanol–water partition coefficient (Wildman–Crippen LogP) is 2.29. The van der Waals surface area contributed by atoms with Crippen molar-refractivity contribution in [3.8, 4) is 0 Å². The van der Waals surface area contributed by atoms with Crippen LogP contribution in [0.25, 0.3) is 0 Å². The Labute approximate surface area is 97.0 Å². The minimum Gasteiger partial charge on any atom is -0.372 e. The molecule has 2 N–H and O–H groups in total. The molecule has 16 heavy (non-hydrogen) atoms. The molecule has 1 unspecified atom stereocenters. The molecular weight excluding hydrogens is 200 g/mol. The third-order valence-electron chi connectivity index (χ3n) is 3.30. The van der Waals surface area contributed by atoms with Crippen LogP contribution in [0.5, 0.6) is 0 Å². The lowest BCUT2D eigenvalue weighted by atomic mass is 10.1. The quantitative estimate of drug-likeness (QED) is 0.828. The van der Waals surface area contributed by atoms with Crippen LogP contribution in [0.4, 0.5) is 0 Å². The highest BCUT2D eigenvalue weighted by Crippen LogP contribution is 2.26. The molecule has 1 aromatic rings. The van der Waals surface area contributed by atoms with Crippen molar-refractivity contribution in [3.05, 3.63) is 30.1 Å². The maximum absolute atomic E-state index is 5.91. The SMILES string of the molecule is NCC(OCC1CCCC1)c1ccncc1. The number of pyridine rings is 1. The van der Waals surface area contributed by atoms with Gasteiger partial charge in [0.15, 0.2) is 0 Å². The first kappa shape index (κ1) is 11.6. The van der Waals surface area contributed by atoms with E-state index in [0.717, 1.165) is 18.1 Å². The number of hydrogen-bond acceptors (Lipinski definition) is 3. The monoisotopic (exact) mass is 220 g/mol. The van der Waals surface area contributed by atoms with E-state index in [1.807, 2.05) is 12.1 Å². The molecule has 88 valence electrons. The van der Waals surface area contributed by atoms with Crippen molar-refractivity contribution < 1.29 is 4.74 Å². The highest BCUT2D eigenvalue weighted by atomic mass is 16.5. The van der Waals surface area contributed by atoms with Gasteiger partial charge in [0, 0.05) is 18.9 Å². The summed E-state index contributed by atoms with van der Waals surface area (Å²) in [4.78, 5) is 4.00. The van der Waals surface area contributed by atoms with Crippen LogP contribution in [0.1, 0.15) is 37.4 Å². The summed E-state index contributed by atoms with van der Waals surface area (Å²) in [5.74, 6) is 0.746. The van der Waals surface area contributed by atoms with Gasteiger partial charge >= 0.3 is 0 Å². The van der Waals surface area contributed by atoms with Crippen molar-refractivity contribution in [3.63, 3.8) is 0 Å². The molecule has 1 aliphatic rings. The number of nitrogens with two attached hydrogens (primary N) is 1. The second kappa shape index (κ2) is 5.97. The molecule has 0 amide bonds. The third kappa shape index (κ3) is 3.03. The Morgan fingerprint density at radius 2 is 2.00 bits per heavy atom. The first-order chi connectivity index (χ1) is 7.90. The molecule has 0 aliphatic heterocycles. The molecule has 1 atom stereocenters. The topological polar surface area (TPSA) is 48.1 Å². The first-order valence-corrected chi connectivity index (χ1v) is 6.11. The summed E-state index contributed by atoms with van der Waals surface area (Å²) < 4.78 is 5.91. The summed E-state index contributed by atoms with van der Waals surface area (Å²) in [6.45, 7) is 1.39. The van der Waals surface area contributed by atoms with Gasteiger partial charge in [-0.2, -0.15) is 0 Å². The van der Waals surface area contributed by atoms with E-state index in [-0.39, 0.29) is 6.10 Å². The number of nitrogens with zero attached hydrogens (tertiary/aromatic N) is 1. The summed E-state index contributed by atoms with van der Waals surface area (Å²) in [7, 11) is 0.